The molecule has 0 bridgehead atoms. The van der Waals surface area contributed by atoms with Crippen molar-refractivity contribution < 1.29 is 64.6 Å². The average molecular weight is 1060 g/mol. The number of pyridine rings is 2. The molecular weight excluding hydrogens is 1000 g/mol. The number of rotatable bonds is 3. The number of benzene rings is 2. The second-order valence-corrected chi connectivity index (χ2v) is 18.0. The molecule has 0 atom stereocenters. The topological polar surface area (TPSA) is 302 Å². The second kappa shape index (κ2) is 25.2. The van der Waals surface area contributed by atoms with Crippen molar-refractivity contribution in [2.45, 2.75) is 117 Å². The zero-order chi connectivity index (χ0) is 49.5. The molecule has 0 fully saturated rings. The van der Waals surface area contributed by atoms with Crippen molar-refractivity contribution in [3.05, 3.63) is 177 Å². The molecule has 0 saturated heterocycles. The van der Waals surface area contributed by atoms with Crippen LogP contribution in [0, 0.1) is 109 Å². The number of hydrogen-bond donors (Lipinski definition) is 0. The first-order valence-electron chi connectivity index (χ1n) is 20.7. The van der Waals surface area contributed by atoms with Crippen LogP contribution >= 0.6 is 0 Å². The fraction of sp³-hybridized carbons (Fsp3) is 0.391. The molecule has 0 amide bonds. The van der Waals surface area contributed by atoms with Gasteiger partial charge in [-0.15, -0.1) is 10.2 Å². The minimum atomic E-state index is -1.75. The summed E-state index contributed by atoms with van der Waals surface area (Å²) in [5.74, 6) is 1.07. The van der Waals surface area contributed by atoms with Gasteiger partial charge >= 0.3 is 49.4 Å². The van der Waals surface area contributed by atoms with Crippen LogP contribution in [0.2, 0.25) is 0 Å². The van der Waals surface area contributed by atoms with Crippen LogP contribution in [-0.2, 0) is 21.7 Å². The molecule has 0 aliphatic heterocycles. The van der Waals surface area contributed by atoms with E-state index < -0.39 is 15.3 Å². The Morgan fingerprint density at radius 2 is 0.627 bits per heavy atom. The number of hydrogen-bond acceptors (Lipinski definition) is 17. The average Bonchev–Trinajstić information content (AvgIpc) is 3.25. The summed E-state index contributed by atoms with van der Waals surface area (Å²) in [6, 6.07) is 32.2. The van der Waals surface area contributed by atoms with Crippen LogP contribution in [-0.4, -0.2) is 55.6 Å². The molecule has 2 aliphatic rings. The van der Waals surface area contributed by atoms with Gasteiger partial charge in [0.2, 0.25) is 11.6 Å². The summed E-state index contributed by atoms with van der Waals surface area (Å²) >= 11 is 0. The van der Waals surface area contributed by atoms with Crippen molar-refractivity contribution >= 4 is 0 Å². The van der Waals surface area contributed by atoms with Gasteiger partial charge in [-0.1, -0.05) is 139 Å². The Hall–Kier alpha value is -6.06. The minimum absolute atomic E-state index is 0. The van der Waals surface area contributed by atoms with Gasteiger partial charge in [0, 0.05) is 21.7 Å². The monoisotopic (exact) mass is 1060 g/mol. The van der Waals surface area contributed by atoms with Crippen LogP contribution in [0.4, 0.5) is 0 Å². The van der Waals surface area contributed by atoms with E-state index in [0.717, 1.165) is 59.8 Å². The quantitative estimate of drug-likeness (QED) is 0.118. The number of nitrogens with zero attached hydrogens (tertiary/aromatic N) is 11. The van der Waals surface area contributed by atoms with Gasteiger partial charge in [-0.05, 0) is 63.8 Å². The zero-order valence-electron chi connectivity index (χ0n) is 39.0. The summed E-state index contributed by atoms with van der Waals surface area (Å²) in [6.07, 6.45) is 4.25. The van der Waals surface area contributed by atoms with Gasteiger partial charge in [0.1, 0.15) is 11.4 Å². The Bertz CT molecular complexity index is 2370. The van der Waals surface area contributed by atoms with Crippen LogP contribution in [0.25, 0.3) is 34.4 Å². The van der Waals surface area contributed by atoms with E-state index in [9.17, 15) is 0 Å². The Kier molecular flexibility index (Phi) is 21.5. The molecule has 6 aromatic rings. The predicted molar refractivity (Wildman–Crippen MR) is 249 cm³/mol. The van der Waals surface area contributed by atoms with Gasteiger partial charge in [-0.2, -0.15) is 10.2 Å². The standard InChI is InChI=1S/C32H38N8.2C7H8.Eu.3NO3/c1-29(2)15-17-31(5,6)25-23(29)35-27(39-37-25)21-13-9-11-19(33-21)20-12-10-14-22(34-20)28-36-24-26(38-40-28)32(7,8)18-16-30(24,3)4;2*1-7-5-3-2-4-6-7;;3*2-1(3)4/h9-14H,15-18H2,1-8H3;2*2-6H,1H3;;;;/q;;;+3;3*-1. The van der Waals surface area contributed by atoms with Crippen LogP contribution in [0.3, 0.4) is 0 Å². The summed E-state index contributed by atoms with van der Waals surface area (Å²) in [6.45, 7) is 22.0. The van der Waals surface area contributed by atoms with Crippen molar-refractivity contribution in [3.8, 4) is 34.4 Å². The van der Waals surface area contributed by atoms with Gasteiger partial charge in [-0.25, -0.2) is 19.9 Å². The smallest absolute Gasteiger partial charge is 0.356 e. The molecule has 8 rings (SSSR count). The molecule has 2 aliphatic carbocycles. The molecule has 4 heterocycles. The molecule has 21 heteroatoms. The van der Waals surface area contributed by atoms with Crippen LogP contribution < -0.4 is 0 Å². The fourth-order valence-electron chi connectivity index (χ4n) is 6.92. The Balaban J connectivity index is 0.000000463. The van der Waals surface area contributed by atoms with E-state index in [1.54, 1.807) is 0 Å². The van der Waals surface area contributed by atoms with E-state index in [-0.39, 0.29) is 71.0 Å². The maximum Gasteiger partial charge on any atom is 3.00 e. The summed E-state index contributed by atoms with van der Waals surface area (Å²) in [5.41, 5.74) is 9.27. The first-order chi connectivity index (χ1) is 30.8. The van der Waals surface area contributed by atoms with E-state index in [1.165, 1.54) is 11.1 Å². The third-order valence-electron chi connectivity index (χ3n) is 10.8. The number of aromatic nitrogens is 8. The Morgan fingerprint density at radius 3 is 0.881 bits per heavy atom. The summed E-state index contributed by atoms with van der Waals surface area (Å²) in [4.78, 5) is 44.6. The van der Waals surface area contributed by atoms with Gasteiger partial charge < -0.3 is 46.0 Å². The maximum atomic E-state index is 8.25. The van der Waals surface area contributed by atoms with Crippen LogP contribution in [0.5, 0.6) is 0 Å². The van der Waals surface area contributed by atoms with Gasteiger partial charge in [0.15, 0.2) is 0 Å². The molecule has 0 spiro atoms. The second-order valence-electron chi connectivity index (χ2n) is 18.0. The van der Waals surface area contributed by atoms with E-state index in [2.05, 4.69) is 114 Å². The normalized spacial score (nSPS) is 14.8. The van der Waals surface area contributed by atoms with Gasteiger partial charge in [0.05, 0.1) is 49.4 Å². The molecule has 20 nitrogen and oxygen atoms in total. The third-order valence-corrected chi connectivity index (χ3v) is 10.8. The molecule has 0 unspecified atom stereocenters. The summed E-state index contributed by atoms with van der Waals surface area (Å²) < 4.78 is 0. The van der Waals surface area contributed by atoms with Crippen molar-refractivity contribution in [2.75, 3.05) is 0 Å². The van der Waals surface area contributed by atoms with E-state index in [0.29, 0.717) is 23.0 Å². The van der Waals surface area contributed by atoms with E-state index >= 15 is 0 Å². The largest absolute Gasteiger partial charge is 3.00 e. The summed E-state index contributed by atoms with van der Waals surface area (Å²) in [5, 5.41) is 62.6. The Labute approximate surface area is 429 Å². The van der Waals surface area contributed by atoms with Crippen molar-refractivity contribution in [1.29, 1.82) is 0 Å². The zero-order valence-corrected chi connectivity index (χ0v) is 41.5. The number of fused-ring (bicyclic) bond motifs is 2. The van der Waals surface area contributed by atoms with Crippen molar-refractivity contribution in [2.24, 2.45) is 0 Å². The van der Waals surface area contributed by atoms with Crippen molar-refractivity contribution in [3.63, 3.8) is 0 Å². The SMILES string of the molecule is CC1(C)CCC(C)(C)c2nc(-c3cccc(-c4cccc(-c5nnc6c(n5)C(C)(C)CCC6(C)C)n4)n3)nnc21.Cc1ccccc1.Cc1ccccc1.O=[N+]([O-])[O-].O=[N+]([O-])[O-].O=[N+]([O-])[O-].[Eu+3]. The third kappa shape index (κ3) is 17.9. The van der Waals surface area contributed by atoms with Crippen LogP contribution in [0.1, 0.15) is 115 Å². The van der Waals surface area contributed by atoms with Gasteiger partial charge in [0.25, 0.3) is 0 Å². The van der Waals surface area contributed by atoms with E-state index in [1.807, 2.05) is 72.8 Å². The number of aryl methyl sites for hydroxylation is 2. The first kappa shape index (κ1) is 57.1. The molecule has 67 heavy (non-hydrogen) atoms. The Morgan fingerprint density at radius 1 is 0.373 bits per heavy atom. The first-order valence-corrected chi connectivity index (χ1v) is 20.7. The van der Waals surface area contributed by atoms with Gasteiger partial charge in [-0.3, -0.25) is 0 Å². The predicted octanol–water partition coefficient (Wildman–Crippen LogP) is 9.82. The van der Waals surface area contributed by atoms with Crippen LogP contribution in [0.15, 0.2) is 97.1 Å². The molecule has 0 radical (unpaired) electrons. The molecule has 2 aromatic carbocycles. The fourth-order valence-corrected chi connectivity index (χ4v) is 6.92. The molecular formula is C46H54EuN11O9. The minimum Gasteiger partial charge on any atom is -0.356 e. The maximum absolute atomic E-state index is 8.25. The molecule has 4 aromatic heterocycles. The molecule has 0 N–H and O–H groups in total. The molecule has 354 valence electrons. The molecule has 0 saturated carbocycles. The van der Waals surface area contributed by atoms with E-state index in [4.69, 9.17) is 65.9 Å². The van der Waals surface area contributed by atoms with Crippen molar-refractivity contribution in [1.82, 2.24) is 40.3 Å². The summed E-state index contributed by atoms with van der Waals surface area (Å²) in [7, 11) is 0.